The molecule has 31 heavy (non-hydrogen) atoms. The minimum atomic E-state index is -0.877. The molecule has 2 aromatic carbocycles. The molecule has 2 rings (SSSR count). The second-order valence-electron chi connectivity index (χ2n) is 7.39. The first-order chi connectivity index (χ1) is 14.9. The summed E-state index contributed by atoms with van der Waals surface area (Å²) >= 11 is 1.50. The van der Waals surface area contributed by atoms with Crippen molar-refractivity contribution in [3.8, 4) is 0 Å². The predicted molar refractivity (Wildman–Crippen MR) is 122 cm³/mol. The van der Waals surface area contributed by atoms with Crippen LogP contribution in [0.1, 0.15) is 25.0 Å². The molecular formula is C23H29N3O4S. The fraction of sp³-hybridized carbons (Fsp3) is 0.348. The Morgan fingerprint density at radius 3 is 2.06 bits per heavy atom. The third-order valence-electron chi connectivity index (χ3n) is 4.49. The molecule has 0 aliphatic carbocycles. The highest BCUT2D eigenvalue weighted by atomic mass is 32.2. The number of alkyl carbamates (subject to hydrolysis) is 1. The van der Waals surface area contributed by atoms with Crippen molar-refractivity contribution in [3.63, 3.8) is 0 Å². The molecule has 0 saturated heterocycles. The van der Waals surface area contributed by atoms with Crippen LogP contribution in [0.25, 0.3) is 0 Å². The van der Waals surface area contributed by atoms with Crippen LogP contribution in [-0.4, -0.2) is 35.7 Å². The Balaban J connectivity index is 1.98. The maximum absolute atomic E-state index is 12.8. The summed E-state index contributed by atoms with van der Waals surface area (Å²) in [6, 6.07) is 17.4. The number of benzene rings is 2. The summed E-state index contributed by atoms with van der Waals surface area (Å²) in [5.74, 6) is -0.288. The van der Waals surface area contributed by atoms with Gasteiger partial charge in [-0.3, -0.25) is 9.59 Å². The number of ether oxygens (including phenoxy) is 1. The van der Waals surface area contributed by atoms with Gasteiger partial charge in [0.15, 0.2) is 0 Å². The summed E-state index contributed by atoms with van der Waals surface area (Å²) < 4.78 is 5.24. The van der Waals surface area contributed by atoms with Gasteiger partial charge in [0.25, 0.3) is 0 Å². The molecule has 2 aromatic rings. The molecular weight excluding hydrogens is 414 g/mol. The van der Waals surface area contributed by atoms with Crippen LogP contribution >= 0.6 is 11.8 Å². The molecule has 1 unspecified atom stereocenters. The summed E-state index contributed by atoms with van der Waals surface area (Å²) in [6.45, 7) is 3.67. The lowest BCUT2D eigenvalue weighted by molar-refractivity contribution is -0.129. The number of carbonyl (C=O) groups is 3. The van der Waals surface area contributed by atoms with Crippen molar-refractivity contribution in [1.82, 2.24) is 10.6 Å². The SMILES string of the molecule is CC(C)[C@H](NC(=O)C(CSCc1ccccc1)NC(=O)OCc1ccccc1)C(N)=O. The smallest absolute Gasteiger partial charge is 0.408 e. The molecule has 3 amide bonds. The topological polar surface area (TPSA) is 111 Å². The molecule has 8 heteroatoms. The van der Waals surface area contributed by atoms with Crippen molar-refractivity contribution in [2.45, 2.75) is 38.3 Å². The van der Waals surface area contributed by atoms with Crippen LogP contribution in [0.5, 0.6) is 0 Å². The molecule has 166 valence electrons. The number of hydrogen-bond donors (Lipinski definition) is 3. The van der Waals surface area contributed by atoms with Crippen LogP contribution in [0.2, 0.25) is 0 Å². The van der Waals surface area contributed by atoms with E-state index >= 15 is 0 Å². The molecule has 2 atom stereocenters. The number of carbonyl (C=O) groups excluding carboxylic acids is 3. The number of amides is 3. The number of nitrogens with two attached hydrogens (primary N) is 1. The van der Waals surface area contributed by atoms with E-state index in [2.05, 4.69) is 10.6 Å². The number of hydrogen-bond acceptors (Lipinski definition) is 5. The highest BCUT2D eigenvalue weighted by Gasteiger charge is 2.27. The van der Waals surface area contributed by atoms with Gasteiger partial charge in [-0.1, -0.05) is 74.5 Å². The minimum absolute atomic E-state index is 0.0913. The second-order valence-corrected chi connectivity index (χ2v) is 8.42. The Kier molecular flexibility index (Phi) is 9.90. The number of nitrogens with one attached hydrogen (secondary N) is 2. The standard InChI is InChI=1S/C23H29N3O4S/c1-16(2)20(21(24)27)26-22(28)19(15-31-14-18-11-7-4-8-12-18)25-23(29)30-13-17-9-5-3-6-10-17/h3-12,16,19-20H,13-15H2,1-2H3,(H2,24,27)(H,25,29)(H,26,28)/t19?,20-/m0/s1. The summed E-state index contributed by atoms with van der Waals surface area (Å²) in [7, 11) is 0. The molecule has 0 spiro atoms. The van der Waals surface area contributed by atoms with E-state index in [1.54, 1.807) is 13.8 Å². The first-order valence-electron chi connectivity index (χ1n) is 10.1. The maximum Gasteiger partial charge on any atom is 0.408 e. The zero-order valence-electron chi connectivity index (χ0n) is 17.7. The van der Waals surface area contributed by atoms with Gasteiger partial charge in [-0.25, -0.2) is 4.79 Å². The lowest BCUT2D eigenvalue weighted by Gasteiger charge is -2.23. The lowest BCUT2D eigenvalue weighted by Crippen LogP contribution is -2.55. The van der Waals surface area contributed by atoms with E-state index in [-0.39, 0.29) is 12.5 Å². The largest absolute Gasteiger partial charge is 0.445 e. The van der Waals surface area contributed by atoms with Crippen LogP contribution < -0.4 is 16.4 Å². The molecule has 0 radical (unpaired) electrons. The van der Waals surface area contributed by atoms with Crippen LogP contribution in [0.4, 0.5) is 4.79 Å². The van der Waals surface area contributed by atoms with E-state index in [4.69, 9.17) is 10.5 Å². The fourth-order valence-electron chi connectivity index (χ4n) is 2.78. The van der Waals surface area contributed by atoms with Crippen molar-refractivity contribution in [3.05, 3.63) is 71.8 Å². The van der Waals surface area contributed by atoms with Crippen molar-refractivity contribution < 1.29 is 19.1 Å². The van der Waals surface area contributed by atoms with Gasteiger partial charge in [0, 0.05) is 11.5 Å². The zero-order valence-corrected chi connectivity index (χ0v) is 18.6. The molecule has 7 nitrogen and oxygen atoms in total. The monoisotopic (exact) mass is 443 g/mol. The van der Waals surface area contributed by atoms with Crippen LogP contribution in [-0.2, 0) is 26.7 Å². The normalized spacial score (nSPS) is 12.6. The van der Waals surface area contributed by atoms with Crippen molar-refractivity contribution >= 4 is 29.7 Å². The Hall–Kier alpha value is -3.00. The molecule has 0 bridgehead atoms. The van der Waals surface area contributed by atoms with Crippen molar-refractivity contribution in [2.24, 2.45) is 11.7 Å². The van der Waals surface area contributed by atoms with Crippen molar-refractivity contribution in [2.75, 3.05) is 5.75 Å². The van der Waals surface area contributed by atoms with Gasteiger partial charge in [0.2, 0.25) is 11.8 Å². The molecule has 0 saturated carbocycles. The number of thioether (sulfide) groups is 1. The minimum Gasteiger partial charge on any atom is -0.445 e. The maximum atomic E-state index is 12.8. The quantitative estimate of drug-likeness (QED) is 0.495. The third kappa shape index (κ3) is 8.72. The Bertz CT molecular complexity index is 846. The van der Waals surface area contributed by atoms with Gasteiger partial charge in [-0.05, 0) is 17.0 Å². The van der Waals surface area contributed by atoms with E-state index < -0.39 is 30.0 Å². The molecule has 0 aliphatic heterocycles. The fourth-order valence-corrected chi connectivity index (χ4v) is 3.80. The van der Waals surface area contributed by atoms with E-state index in [9.17, 15) is 14.4 Å². The zero-order chi connectivity index (χ0) is 22.6. The summed E-state index contributed by atoms with van der Waals surface area (Å²) in [5, 5.41) is 5.26. The van der Waals surface area contributed by atoms with Gasteiger partial charge >= 0.3 is 6.09 Å². The van der Waals surface area contributed by atoms with Gasteiger partial charge in [-0.15, -0.1) is 0 Å². The van der Waals surface area contributed by atoms with Crippen molar-refractivity contribution in [1.29, 1.82) is 0 Å². The lowest BCUT2D eigenvalue weighted by atomic mass is 10.0. The first kappa shape index (κ1) is 24.3. The first-order valence-corrected chi connectivity index (χ1v) is 11.2. The molecule has 0 aromatic heterocycles. The van der Waals surface area contributed by atoms with E-state index in [0.717, 1.165) is 11.1 Å². The number of rotatable bonds is 11. The van der Waals surface area contributed by atoms with E-state index in [1.807, 2.05) is 60.7 Å². The average Bonchev–Trinajstić information content (AvgIpc) is 2.76. The van der Waals surface area contributed by atoms with Crippen LogP contribution in [0.3, 0.4) is 0 Å². The van der Waals surface area contributed by atoms with Gasteiger partial charge < -0.3 is 21.1 Å². The summed E-state index contributed by atoms with van der Waals surface area (Å²) in [5.41, 5.74) is 7.35. The van der Waals surface area contributed by atoms with Gasteiger partial charge in [0.05, 0.1) is 0 Å². The van der Waals surface area contributed by atoms with E-state index in [0.29, 0.717) is 11.5 Å². The summed E-state index contributed by atoms with van der Waals surface area (Å²) in [6.07, 6.45) is -0.704. The molecule has 4 N–H and O–H groups in total. The highest BCUT2D eigenvalue weighted by Crippen LogP contribution is 2.14. The van der Waals surface area contributed by atoms with Gasteiger partial charge in [-0.2, -0.15) is 11.8 Å². The second kappa shape index (κ2) is 12.6. The molecule has 0 fully saturated rings. The van der Waals surface area contributed by atoms with Crippen LogP contribution in [0.15, 0.2) is 60.7 Å². The third-order valence-corrected chi connectivity index (χ3v) is 5.59. The van der Waals surface area contributed by atoms with E-state index in [1.165, 1.54) is 11.8 Å². The average molecular weight is 444 g/mol. The predicted octanol–water partition coefficient (Wildman–Crippen LogP) is 2.84. The molecule has 0 aliphatic rings. The summed E-state index contributed by atoms with van der Waals surface area (Å²) in [4.78, 5) is 36.8. The van der Waals surface area contributed by atoms with Crippen LogP contribution in [0, 0.1) is 5.92 Å². The van der Waals surface area contributed by atoms with Gasteiger partial charge in [0.1, 0.15) is 18.7 Å². The molecule has 0 heterocycles. The highest BCUT2D eigenvalue weighted by molar-refractivity contribution is 7.98. The number of primary amides is 1. The Labute approximate surface area is 187 Å². The Morgan fingerprint density at radius 1 is 0.935 bits per heavy atom. The Morgan fingerprint density at radius 2 is 1.52 bits per heavy atom.